The van der Waals surface area contributed by atoms with Gasteiger partial charge in [-0.2, -0.15) is 0 Å². The number of H-pyrrole nitrogens is 1. The Kier molecular flexibility index (Phi) is 7.51. The Hall–Kier alpha value is -4.06. The van der Waals surface area contributed by atoms with E-state index in [1.165, 1.54) is 24.5 Å². The quantitative estimate of drug-likeness (QED) is 0.432. The van der Waals surface area contributed by atoms with Gasteiger partial charge in [0.1, 0.15) is 30.1 Å². The molecule has 12 heteroatoms. The van der Waals surface area contributed by atoms with Crippen molar-refractivity contribution in [1.82, 2.24) is 29.7 Å². The molecule has 1 fully saturated rings. The number of likely N-dealkylation sites (N-methyl/N-ethyl adjacent to an activating group) is 1. The molecule has 3 heterocycles. The third-order valence-electron chi connectivity index (χ3n) is 5.68. The topological polar surface area (TPSA) is 125 Å². The normalized spacial score (nSPS) is 14.1. The summed E-state index contributed by atoms with van der Waals surface area (Å²) >= 11 is 0. The molecule has 11 nitrogen and oxygen atoms in total. The molecule has 1 aliphatic heterocycles. The van der Waals surface area contributed by atoms with Crippen molar-refractivity contribution in [1.29, 1.82) is 0 Å². The summed E-state index contributed by atoms with van der Waals surface area (Å²) in [6, 6.07) is 7.55. The third kappa shape index (κ3) is 5.90. The molecule has 4 rings (SSSR count). The molecule has 1 saturated heterocycles. The lowest BCUT2D eigenvalue weighted by atomic mass is 10.2. The van der Waals surface area contributed by atoms with Gasteiger partial charge in [0, 0.05) is 44.0 Å². The average Bonchev–Trinajstić information content (AvgIpc) is 2.86. The predicted molar refractivity (Wildman–Crippen MR) is 126 cm³/mol. The highest BCUT2D eigenvalue weighted by atomic mass is 19.1. The van der Waals surface area contributed by atoms with Crippen LogP contribution in [0.25, 0.3) is 0 Å². The van der Waals surface area contributed by atoms with E-state index in [1.807, 2.05) is 0 Å². The fourth-order valence-electron chi connectivity index (χ4n) is 3.65. The molecule has 2 N–H and O–H groups in total. The largest absolute Gasteiger partial charge is 0.476 e. The van der Waals surface area contributed by atoms with Crippen LogP contribution in [0.4, 0.5) is 10.2 Å². The summed E-state index contributed by atoms with van der Waals surface area (Å²) in [6.07, 6.45) is 2.48. The second kappa shape index (κ2) is 10.9. The maximum atomic E-state index is 14.0. The van der Waals surface area contributed by atoms with Gasteiger partial charge in [-0.3, -0.25) is 14.2 Å². The Morgan fingerprint density at radius 2 is 1.94 bits per heavy atom. The molecule has 1 amide bonds. The van der Waals surface area contributed by atoms with Crippen LogP contribution < -0.4 is 26.2 Å². The van der Waals surface area contributed by atoms with Crippen molar-refractivity contribution in [3.63, 3.8) is 0 Å². The molecule has 0 unspecified atom stereocenters. The molecule has 0 saturated carbocycles. The summed E-state index contributed by atoms with van der Waals surface area (Å²) < 4.78 is 20.4. The van der Waals surface area contributed by atoms with Crippen LogP contribution in [0.3, 0.4) is 0 Å². The number of aromatic amines is 1. The fourth-order valence-corrected chi connectivity index (χ4v) is 3.65. The van der Waals surface area contributed by atoms with E-state index in [9.17, 15) is 18.8 Å². The van der Waals surface area contributed by atoms with E-state index in [2.05, 4.69) is 37.1 Å². The summed E-state index contributed by atoms with van der Waals surface area (Å²) in [5.41, 5.74) is -1.66. The number of carbonyl (C=O) groups excluding carboxylic acids is 1. The van der Waals surface area contributed by atoms with E-state index >= 15 is 0 Å². The average molecular weight is 484 g/mol. The highest BCUT2D eigenvalue weighted by Crippen LogP contribution is 2.17. The van der Waals surface area contributed by atoms with Crippen molar-refractivity contribution < 1.29 is 13.9 Å². The SMILES string of the molecule is CN1CCN(c2cc(OCCNC(=O)c3c[nH]c(=O)n(Cc4ccccc4F)c3=O)ncn2)CC1. The number of carbonyl (C=O) groups is 1. The van der Waals surface area contributed by atoms with E-state index in [1.54, 1.807) is 12.1 Å². The summed E-state index contributed by atoms with van der Waals surface area (Å²) in [7, 11) is 2.08. The lowest BCUT2D eigenvalue weighted by Crippen LogP contribution is -2.44. The zero-order valence-corrected chi connectivity index (χ0v) is 19.2. The molecule has 0 bridgehead atoms. The van der Waals surface area contributed by atoms with E-state index in [0.29, 0.717) is 5.88 Å². The minimum atomic E-state index is -0.817. The molecule has 0 aliphatic carbocycles. The van der Waals surface area contributed by atoms with Crippen molar-refractivity contribution >= 4 is 11.7 Å². The molecule has 35 heavy (non-hydrogen) atoms. The standard InChI is InChI=1S/C23H26FN7O4/c1-29-7-9-30(10-8-29)19-12-20(28-15-27-19)35-11-6-25-21(32)17-13-26-23(34)31(22(17)33)14-16-4-2-3-5-18(16)24/h2-5,12-13,15H,6-11,14H2,1H3,(H,25,32)(H,26,34). The van der Waals surface area contributed by atoms with Gasteiger partial charge >= 0.3 is 5.69 Å². The zero-order chi connectivity index (χ0) is 24.8. The molecular formula is C23H26FN7O4. The summed E-state index contributed by atoms with van der Waals surface area (Å²) in [5.74, 6) is -0.0838. The minimum absolute atomic E-state index is 0.0958. The number of halogens is 1. The monoisotopic (exact) mass is 483 g/mol. The number of nitrogens with one attached hydrogen (secondary N) is 2. The third-order valence-corrected chi connectivity index (χ3v) is 5.68. The fraction of sp³-hybridized carbons (Fsp3) is 0.348. The molecule has 3 aromatic rings. The van der Waals surface area contributed by atoms with Gasteiger partial charge in [0.05, 0.1) is 13.1 Å². The zero-order valence-electron chi connectivity index (χ0n) is 19.2. The maximum Gasteiger partial charge on any atom is 0.328 e. The molecule has 1 aromatic carbocycles. The number of benzene rings is 1. The molecule has 2 aromatic heterocycles. The maximum absolute atomic E-state index is 14.0. The number of amides is 1. The summed E-state index contributed by atoms with van der Waals surface area (Å²) in [5, 5.41) is 2.58. The van der Waals surface area contributed by atoms with Gasteiger partial charge < -0.3 is 24.8 Å². The molecule has 0 spiro atoms. The highest BCUT2D eigenvalue weighted by Gasteiger charge is 2.17. The van der Waals surface area contributed by atoms with Crippen LogP contribution >= 0.6 is 0 Å². The van der Waals surface area contributed by atoms with Crippen LogP contribution in [0.5, 0.6) is 5.88 Å². The summed E-state index contributed by atoms with van der Waals surface area (Å²) in [6.45, 7) is 3.51. The number of hydrogen-bond donors (Lipinski definition) is 2. The van der Waals surface area contributed by atoms with Gasteiger partial charge in [-0.25, -0.2) is 19.2 Å². The van der Waals surface area contributed by atoms with Gasteiger partial charge in [-0.15, -0.1) is 0 Å². The lowest BCUT2D eigenvalue weighted by Gasteiger charge is -2.33. The van der Waals surface area contributed by atoms with Crippen LogP contribution in [-0.2, 0) is 6.54 Å². The van der Waals surface area contributed by atoms with Crippen molar-refractivity contribution in [3.8, 4) is 5.88 Å². The van der Waals surface area contributed by atoms with Gasteiger partial charge in [-0.1, -0.05) is 18.2 Å². The second-order valence-corrected chi connectivity index (χ2v) is 8.10. The number of aromatic nitrogens is 4. The lowest BCUT2D eigenvalue weighted by molar-refractivity contribution is 0.0944. The van der Waals surface area contributed by atoms with Crippen molar-refractivity contribution in [2.24, 2.45) is 0 Å². The Morgan fingerprint density at radius 1 is 1.17 bits per heavy atom. The van der Waals surface area contributed by atoms with E-state index < -0.39 is 23.0 Å². The number of rotatable bonds is 8. The van der Waals surface area contributed by atoms with Gasteiger partial charge in [0.15, 0.2) is 0 Å². The second-order valence-electron chi connectivity index (χ2n) is 8.10. The Labute approximate surface area is 200 Å². The van der Waals surface area contributed by atoms with Crippen molar-refractivity contribution in [2.45, 2.75) is 6.54 Å². The molecular weight excluding hydrogens is 457 g/mol. The first-order chi connectivity index (χ1) is 16.9. The molecule has 184 valence electrons. The van der Waals surface area contributed by atoms with Crippen molar-refractivity contribution in [2.75, 3.05) is 51.3 Å². The van der Waals surface area contributed by atoms with E-state index in [-0.39, 0.29) is 30.8 Å². The Balaban J connectivity index is 1.34. The van der Waals surface area contributed by atoms with Crippen LogP contribution in [0.2, 0.25) is 0 Å². The Bertz CT molecular complexity index is 1300. The number of piperazine rings is 1. The summed E-state index contributed by atoms with van der Waals surface area (Å²) in [4.78, 5) is 52.5. The van der Waals surface area contributed by atoms with Crippen molar-refractivity contribution in [3.05, 3.63) is 80.6 Å². The van der Waals surface area contributed by atoms with E-state index in [4.69, 9.17) is 4.74 Å². The highest BCUT2D eigenvalue weighted by molar-refractivity contribution is 5.93. The first-order valence-electron chi connectivity index (χ1n) is 11.1. The first-order valence-corrected chi connectivity index (χ1v) is 11.1. The van der Waals surface area contributed by atoms with Crippen LogP contribution in [0.1, 0.15) is 15.9 Å². The molecule has 1 aliphatic rings. The van der Waals surface area contributed by atoms with Gasteiger partial charge in [-0.05, 0) is 13.1 Å². The Morgan fingerprint density at radius 3 is 2.71 bits per heavy atom. The minimum Gasteiger partial charge on any atom is -0.476 e. The smallest absolute Gasteiger partial charge is 0.328 e. The number of ether oxygens (including phenoxy) is 1. The number of anilines is 1. The molecule has 0 atom stereocenters. The van der Waals surface area contributed by atoms with Crippen LogP contribution in [-0.4, -0.2) is 76.7 Å². The van der Waals surface area contributed by atoms with Gasteiger partial charge in [0.25, 0.3) is 11.5 Å². The first kappa shape index (κ1) is 24.1. The van der Waals surface area contributed by atoms with Gasteiger partial charge in [0.2, 0.25) is 5.88 Å². The van der Waals surface area contributed by atoms with Crippen LogP contribution in [0, 0.1) is 5.82 Å². The number of nitrogens with zero attached hydrogens (tertiary/aromatic N) is 5. The molecule has 0 radical (unpaired) electrons. The van der Waals surface area contributed by atoms with E-state index in [0.717, 1.165) is 42.8 Å². The number of hydrogen-bond acceptors (Lipinski definition) is 8. The van der Waals surface area contributed by atoms with Crippen LogP contribution in [0.15, 0.2) is 52.4 Å². The predicted octanol–water partition coefficient (Wildman–Crippen LogP) is 0.0746.